The minimum atomic E-state index is 0.562. The lowest BCUT2D eigenvalue weighted by atomic mass is 10.2. The molecule has 1 N–H and O–H groups in total. The highest BCUT2D eigenvalue weighted by atomic mass is 35.5. The molecule has 4 heteroatoms. The van der Waals surface area contributed by atoms with Gasteiger partial charge in [0.2, 0.25) is 0 Å². The second kappa shape index (κ2) is 4.12. The highest BCUT2D eigenvalue weighted by Gasteiger charge is 1.96. The van der Waals surface area contributed by atoms with Crippen molar-refractivity contribution in [3.05, 3.63) is 24.0 Å². The van der Waals surface area contributed by atoms with Gasteiger partial charge in [-0.15, -0.1) is 11.6 Å². The molecule has 0 amide bonds. The molecule has 14 heavy (non-hydrogen) atoms. The number of alkyl halides is 1. The number of halogens is 1. The van der Waals surface area contributed by atoms with Gasteiger partial charge in [-0.3, -0.25) is 10.1 Å². The Morgan fingerprint density at radius 1 is 1.43 bits per heavy atom. The minimum Gasteiger partial charge on any atom is -0.276 e. The van der Waals surface area contributed by atoms with Gasteiger partial charge in [-0.05, 0) is 6.07 Å². The van der Waals surface area contributed by atoms with Gasteiger partial charge >= 0.3 is 0 Å². The van der Waals surface area contributed by atoms with E-state index in [2.05, 4.69) is 27.0 Å². The zero-order valence-corrected chi connectivity index (χ0v) is 8.17. The quantitative estimate of drug-likeness (QED) is 0.571. The van der Waals surface area contributed by atoms with Crippen LogP contribution in [-0.2, 0) is 0 Å². The predicted octanol–water partition coefficient (Wildman–Crippen LogP) is 1.94. The average Bonchev–Trinajstić information content (AvgIpc) is 2.65. The Morgan fingerprint density at radius 3 is 3.21 bits per heavy atom. The first-order valence-electron chi connectivity index (χ1n) is 4.24. The van der Waals surface area contributed by atoms with Gasteiger partial charge < -0.3 is 0 Å². The van der Waals surface area contributed by atoms with Crippen molar-refractivity contribution in [2.75, 3.05) is 5.88 Å². The summed E-state index contributed by atoms with van der Waals surface area (Å²) in [7, 11) is 0. The lowest BCUT2D eigenvalue weighted by molar-refractivity contribution is 1.12. The number of pyridine rings is 1. The molecule has 2 aromatic rings. The first-order chi connectivity index (χ1) is 6.90. The summed E-state index contributed by atoms with van der Waals surface area (Å²) in [4.78, 5) is 4.19. The summed E-state index contributed by atoms with van der Waals surface area (Å²) in [6, 6.07) is 1.93. The Kier molecular flexibility index (Phi) is 2.66. The lowest BCUT2D eigenvalue weighted by Gasteiger charge is -1.89. The fourth-order valence-corrected chi connectivity index (χ4v) is 1.21. The van der Waals surface area contributed by atoms with Gasteiger partial charge in [0.25, 0.3) is 0 Å². The highest BCUT2D eigenvalue weighted by molar-refractivity contribution is 6.18. The Morgan fingerprint density at radius 2 is 2.36 bits per heavy atom. The number of nitrogens with one attached hydrogen (secondary N) is 1. The van der Waals surface area contributed by atoms with Crippen molar-refractivity contribution in [2.24, 2.45) is 0 Å². The fourth-order valence-electron chi connectivity index (χ4n) is 1.11. The first kappa shape index (κ1) is 9.04. The summed E-state index contributed by atoms with van der Waals surface area (Å²) in [6.45, 7) is 0. The first-order valence-corrected chi connectivity index (χ1v) is 4.77. The molecule has 2 rings (SSSR count). The largest absolute Gasteiger partial charge is 0.276 e. The van der Waals surface area contributed by atoms with Gasteiger partial charge in [0.15, 0.2) is 0 Å². The number of rotatable bonds is 1. The molecule has 0 aliphatic rings. The number of aromatic amines is 1. The number of hydrogen-bond acceptors (Lipinski definition) is 2. The van der Waals surface area contributed by atoms with Crippen LogP contribution >= 0.6 is 11.6 Å². The summed E-state index contributed by atoms with van der Waals surface area (Å²) in [5, 5.41) is 6.73. The van der Waals surface area contributed by atoms with E-state index in [4.69, 9.17) is 11.6 Å². The van der Waals surface area contributed by atoms with Crippen molar-refractivity contribution in [3.8, 4) is 11.8 Å². The molecule has 0 fully saturated rings. The summed E-state index contributed by atoms with van der Waals surface area (Å²) < 4.78 is 0. The maximum Gasteiger partial charge on any atom is 0.108 e. The number of nitrogens with zero attached hydrogens (tertiary/aromatic N) is 2. The number of H-pyrrole nitrogens is 1. The van der Waals surface area contributed by atoms with Crippen LogP contribution in [0.5, 0.6) is 0 Å². The van der Waals surface area contributed by atoms with E-state index in [1.54, 1.807) is 12.4 Å². The van der Waals surface area contributed by atoms with Crippen LogP contribution in [-0.4, -0.2) is 21.1 Å². The van der Waals surface area contributed by atoms with E-state index in [0.29, 0.717) is 12.3 Å². The third-order valence-corrected chi connectivity index (χ3v) is 1.93. The van der Waals surface area contributed by atoms with Crippen LogP contribution < -0.4 is 0 Å². The molecule has 0 saturated heterocycles. The van der Waals surface area contributed by atoms with Gasteiger partial charge in [-0.2, -0.15) is 5.10 Å². The summed E-state index contributed by atoms with van der Waals surface area (Å²) >= 11 is 5.51. The van der Waals surface area contributed by atoms with E-state index in [0.717, 1.165) is 16.6 Å². The van der Waals surface area contributed by atoms with E-state index in [1.807, 2.05) is 6.07 Å². The maximum atomic E-state index is 5.51. The molecule has 0 unspecified atom stereocenters. The third kappa shape index (κ3) is 1.86. The molecule has 2 aromatic heterocycles. The van der Waals surface area contributed by atoms with Crippen LogP contribution in [0.3, 0.4) is 0 Å². The smallest absolute Gasteiger partial charge is 0.108 e. The van der Waals surface area contributed by atoms with E-state index in [-0.39, 0.29) is 0 Å². The number of aromatic nitrogens is 3. The van der Waals surface area contributed by atoms with Gasteiger partial charge in [-0.25, -0.2) is 0 Å². The molecule has 3 nitrogen and oxygen atoms in total. The number of fused-ring (bicyclic) bond motifs is 1. The van der Waals surface area contributed by atoms with Crippen LogP contribution in [0.25, 0.3) is 11.0 Å². The van der Waals surface area contributed by atoms with Crippen LogP contribution in [0.4, 0.5) is 0 Å². The molecule has 0 atom stereocenters. The Labute approximate surface area is 86.5 Å². The van der Waals surface area contributed by atoms with Gasteiger partial charge in [0, 0.05) is 24.1 Å². The highest BCUT2D eigenvalue weighted by Crippen LogP contribution is 2.08. The van der Waals surface area contributed by atoms with Gasteiger partial charge in [0.1, 0.15) is 5.52 Å². The Hall–Kier alpha value is -1.53. The van der Waals surface area contributed by atoms with Gasteiger partial charge in [-0.1, -0.05) is 11.8 Å². The lowest BCUT2D eigenvalue weighted by Crippen LogP contribution is -1.79. The van der Waals surface area contributed by atoms with Crippen LogP contribution in [0.1, 0.15) is 12.0 Å². The maximum absolute atomic E-state index is 5.51. The number of hydrogen-bond donors (Lipinski definition) is 1. The minimum absolute atomic E-state index is 0.562. The molecule has 0 saturated carbocycles. The fraction of sp³-hybridized carbons (Fsp3) is 0.200. The average molecular weight is 206 g/mol. The zero-order chi connectivity index (χ0) is 9.80. The van der Waals surface area contributed by atoms with Crippen LogP contribution in [0.2, 0.25) is 0 Å². The molecule has 0 aromatic carbocycles. The monoisotopic (exact) mass is 205 g/mol. The predicted molar refractivity (Wildman–Crippen MR) is 56.1 cm³/mol. The molecule has 0 aliphatic heterocycles. The molecule has 0 spiro atoms. The SMILES string of the molecule is ClCCC#Cc1cnc2cn[nH]c2c1. The van der Waals surface area contributed by atoms with Crippen molar-refractivity contribution in [2.45, 2.75) is 6.42 Å². The molecule has 2 heterocycles. The van der Waals surface area contributed by atoms with E-state index < -0.39 is 0 Å². The summed E-state index contributed by atoms with van der Waals surface area (Å²) in [5.74, 6) is 6.50. The Balaban J connectivity index is 2.31. The Bertz CT molecular complexity index is 493. The molecule has 0 aliphatic carbocycles. The van der Waals surface area contributed by atoms with Crippen molar-refractivity contribution in [1.82, 2.24) is 15.2 Å². The van der Waals surface area contributed by atoms with Crippen molar-refractivity contribution >= 4 is 22.6 Å². The van der Waals surface area contributed by atoms with E-state index in [9.17, 15) is 0 Å². The molecular weight excluding hydrogens is 198 g/mol. The van der Waals surface area contributed by atoms with Gasteiger partial charge in [0.05, 0.1) is 11.7 Å². The normalized spacial score (nSPS) is 9.79. The second-order valence-electron chi connectivity index (χ2n) is 2.77. The zero-order valence-electron chi connectivity index (χ0n) is 7.42. The second-order valence-corrected chi connectivity index (χ2v) is 3.15. The standard InChI is InChI=1S/C10H8ClN3/c11-4-2-1-3-8-5-9-10(12-6-8)7-13-14-9/h5-7H,2,4H2,(H,13,14). The molecular formula is C10H8ClN3. The van der Waals surface area contributed by atoms with Crippen LogP contribution in [0.15, 0.2) is 18.5 Å². The van der Waals surface area contributed by atoms with Crippen molar-refractivity contribution < 1.29 is 0 Å². The third-order valence-electron chi connectivity index (χ3n) is 1.74. The molecule has 70 valence electrons. The van der Waals surface area contributed by atoms with Crippen LogP contribution in [0, 0.1) is 11.8 Å². The van der Waals surface area contributed by atoms with E-state index in [1.165, 1.54) is 0 Å². The topological polar surface area (TPSA) is 41.6 Å². The molecule has 0 radical (unpaired) electrons. The van der Waals surface area contributed by atoms with E-state index >= 15 is 0 Å². The summed E-state index contributed by atoms with van der Waals surface area (Å²) in [6.07, 6.45) is 4.12. The van der Waals surface area contributed by atoms with Crippen molar-refractivity contribution in [1.29, 1.82) is 0 Å². The molecule has 0 bridgehead atoms. The van der Waals surface area contributed by atoms with Crippen molar-refractivity contribution in [3.63, 3.8) is 0 Å². The summed E-state index contributed by atoms with van der Waals surface area (Å²) in [5.41, 5.74) is 2.64.